The van der Waals surface area contributed by atoms with Crippen LogP contribution in [0.5, 0.6) is 0 Å². The zero-order chi connectivity index (χ0) is 12.2. The Labute approximate surface area is 95.8 Å². The highest BCUT2D eigenvalue weighted by atomic mass is 19.4. The van der Waals surface area contributed by atoms with Crippen LogP contribution in [0.2, 0.25) is 0 Å². The van der Waals surface area contributed by atoms with Gasteiger partial charge in [0.05, 0.1) is 0 Å². The maximum absolute atomic E-state index is 12.5. The third kappa shape index (κ3) is 4.32. The number of hydrogen-bond acceptors (Lipinski definition) is 1. The second-order valence-corrected chi connectivity index (χ2v) is 5.02. The lowest BCUT2D eigenvalue weighted by Gasteiger charge is -2.33. The third-order valence-corrected chi connectivity index (χ3v) is 3.35. The first-order chi connectivity index (χ1) is 7.43. The van der Waals surface area contributed by atoms with Crippen LogP contribution in [0.15, 0.2) is 0 Å². The predicted octanol–water partition coefficient (Wildman–Crippen LogP) is 3.89. The van der Waals surface area contributed by atoms with E-state index in [0.717, 1.165) is 25.7 Å². The summed E-state index contributed by atoms with van der Waals surface area (Å²) in [5.41, 5.74) is 0. The number of piperidine rings is 1. The zero-order valence-electron chi connectivity index (χ0n) is 10.1. The normalized spacial score (nSPS) is 29.1. The summed E-state index contributed by atoms with van der Waals surface area (Å²) in [7, 11) is 0. The first-order valence-electron chi connectivity index (χ1n) is 6.26. The molecule has 1 fully saturated rings. The van der Waals surface area contributed by atoms with Gasteiger partial charge in [-0.05, 0) is 25.2 Å². The first-order valence-corrected chi connectivity index (χ1v) is 6.26. The molecule has 1 heterocycles. The van der Waals surface area contributed by atoms with Gasteiger partial charge < -0.3 is 5.32 Å². The van der Waals surface area contributed by atoms with Gasteiger partial charge in [-0.2, -0.15) is 13.2 Å². The van der Waals surface area contributed by atoms with Gasteiger partial charge in [-0.15, -0.1) is 0 Å². The average Bonchev–Trinajstić information content (AvgIpc) is 2.17. The van der Waals surface area contributed by atoms with E-state index in [1.165, 1.54) is 0 Å². The van der Waals surface area contributed by atoms with Crippen LogP contribution in [-0.2, 0) is 0 Å². The highest BCUT2D eigenvalue weighted by Crippen LogP contribution is 2.29. The first kappa shape index (κ1) is 13.8. The Balaban J connectivity index is 2.39. The van der Waals surface area contributed by atoms with Gasteiger partial charge in [-0.25, -0.2) is 0 Å². The van der Waals surface area contributed by atoms with Crippen LogP contribution in [0.3, 0.4) is 0 Å². The second kappa shape index (κ2) is 5.89. The van der Waals surface area contributed by atoms with Crippen LogP contribution in [0.25, 0.3) is 0 Å². The van der Waals surface area contributed by atoms with Crippen molar-refractivity contribution in [2.75, 3.05) is 0 Å². The van der Waals surface area contributed by atoms with Crippen molar-refractivity contribution >= 4 is 0 Å². The lowest BCUT2D eigenvalue weighted by molar-refractivity contribution is -0.163. The number of nitrogens with one attached hydrogen (secondary N) is 1. The monoisotopic (exact) mass is 237 g/mol. The molecule has 0 radical (unpaired) electrons. The van der Waals surface area contributed by atoms with Crippen molar-refractivity contribution in [2.45, 2.75) is 70.6 Å². The number of halogens is 3. The lowest BCUT2D eigenvalue weighted by atomic mass is 9.90. The van der Waals surface area contributed by atoms with Gasteiger partial charge >= 0.3 is 6.18 Å². The van der Waals surface area contributed by atoms with Crippen molar-refractivity contribution in [3.63, 3.8) is 0 Å². The van der Waals surface area contributed by atoms with Gasteiger partial charge in [-0.3, -0.25) is 0 Å². The summed E-state index contributed by atoms with van der Waals surface area (Å²) in [5, 5.41) is 2.76. The van der Waals surface area contributed by atoms with Crippen molar-refractivity contribution in [2.24, 2.45) is 5.92 Å². The quantitative estimate of drug-likeness (QED) is 0.782. The molecule has 4 heteroatoms. The van der Waals surface area contributed by atoms with Gasteiger partial charge in [0.15, 0.2) is 0 Å². The molecular weight excluding hydrogens is 215 g/mol. The summed E-state index contributed by atoms with van der Waals surface area (Å²) >= 11 is 0. The average molecular weight is 237 g/mol. The van der Waals surface area contributed by atoms with E-state index in [-0.39, 0.29) is 12.5 Å². The highest BCUT2D eigenvalue weighted by molar-refractivity contribution is 4.85. The highest BCUT2D eigenvalue weighted by Gasteiger charge is 2.41. The van der Waals surface area contributed by atoms with E-state index in [9.17, 15) is 13.2 Å². The molecule has 16 heavy (non-hydrogen) atoms. The Morgan fingerprint density at radius 2 is 2.00 bits per heavy atom. The second-order valence-electron chi connectivity index (χ2n) is 5.02. The summed E-state index contributed by atoms with van der Waals surface area (Å²) in [6, 6.07) is -1.22. The van der Waals surface area contributed by atoms with Crippen molar-refractivity contribution in [1.29, 1.82) is 0 Å². The number of hydrogen-bond donors (Lipinski definition) is 1. The molecule has 1 aliphatic rings. The molecule has 0 saturated carbocycles. The summed E-state index contributed by atoms with van der Waals surface area (Å²) in [6.45, 7) is 4.24. The van der Waals surface area contributed by atoms with E-state index in [0.29, 0.717) is 12.3 Å². The molecule has 3 unspecified atom stereocenters. The van der Waals surface area contributed by atoms with E-state index in [2.05, 4.69) is 19.2 Å². The summed E-state index contributed by atoms with van der Waals surface area (Å²) in [5.74, 6) is 0.523. The molecule has 96 valence electrons. The van der Waals surface area contributed by atoms with Gasteiger partial charge in [0, 0.05) is 6.04 Å². The zero-order valence-corrected chi connectivity index (χ0v) is 10.1. The van der Waals surface area contributed by atoms with Crippen LogP contribution >= 0.6 is 0 Å². The Hall–Kier alpha value is -0.250. The number of alkyl halides is 3. The van der Waals surface area contributed by atoms with Crippen molar-refractivity contribution in [1.82, 2.24) is 5.32 Å². The summed E-state index contributed by atoms with van der Waals surface area (Å²) in [4.78, 5) is 0. The van der Waals surface area contributed by atoms with Crippen LogP contribution in [-0.4, -0.2) is 18.3 Å². The minimum atomic E-state index is -4.08. The van der Waals surface area contributed by atoms with Gasteiger partial charge in [0.2, 0.25) is 0 Å². The van der Waals surface area contributed by atoms with Crippen LogP contribution in [0, 0.1) is 5.92 Å². The fraction of sp³-hybridized carbons (Fsp3) is 1.00. The molecule has 1 rings (SSSR count). The Morgan fingerprint density at radius 1 is 1.31 bits per heavy atom. The SMILES string of the molecule is CCCC(C)CC1CCCC(C(F)(F)F)N1. The molecule has 0 aliphatic carbocycles. The molecule has 0 aromatic rings. The van der Waals surface area contributed by atoms with E-state index < -0.39 is 12.2 Å². The van der Waals surface area contributed by atoms with Gasteiger partial charge in [0.25, 0.3) is 0 Å². The molecular formula is C12H22F3N. The molecule has 0 aromatic carbocycles. The smallest absolute Gasteiger partial charge is 0.303 e. The maximum atomic E-state index is 12.5. The van der Waals surface area contributed by atoms with Crippen LogP contribution in [0.1, 0.15) is 52.4 Å². The molecule has 0 amide bonds. The summed E-state index contributed by atoms with van der Waals surface area (Å²) < 4.78 is 37.6. The fourth-order valence-corrected chi connectivity index (χ4v) is 2.56. The van der Waals surface area contributed by atoms with Crippen molar-refractivity contribution in [3.8, 4) is 0 Å². The molecule has 1 nitrogen and oxygen atoms in total. The molecule has 3 atom stereocenters. The van der Waals surface area contributed by atoms with Crippen LogP contribution in [0.4, 0.5) is 13.2 Å². The lowest BCUT2D eigenvalue weighted by Crippen LogP contribution is -2.50. The standard InChI is InChI=1S/C12H22F3N/c1-3-5-9(2)8-10-6-4-7-11(16-10)12(13,14)15/h9-11,16H,3-8H2,1-2H3. The van der Waals surface area contributed by atoms with E-state index in [1.807, 2.05) is 0 Å². The van der Waals surface area contributed by atoms with Crippen molar-refractivity contribution in [3.05, 3.63) is 0 Å². The van der Waals surface area contributed by atoms with Crippen LogP contribution < -0.4 is 5.32 Å². The van der Waals surface area contributed by atoms with E-state index in [1.54, 1.807) is 0 Å². The number of rotatable bonds is 4. The topological polar surface area (TPSA) is 12.0 Å². The van der Waals surface area contributed by atoms with E-state index >= 15 is 0 Å². The molecule has 1 saturated heterocycles. The molecule has 0 spiro atoms. The van der Waals surface area contributed by atoms with Gasteiger partial charge in [-0.1, -0.05) is 33.1 Å². The molecule has 1 N–H and O–H groups in total. The summed E-state index contributed by atoms with van der Waals surface area (Å²) in [6.07, 6.45) is 0.835. The molecule has 0 bridgehead atoms. The van der Waals surface area contributed by atoms with E-state index in [4.69, 9.17) is 0 Å². The Bertz CT molecular complexity index is 203. The molecule has 0 aromatic heterocycles. The third-order valence-electron chi connectivity index (χ3n) is 3.35. The Kier molecular flexibility index (Phi) is 5.09. The fourth-order valence-electron chi connectivity index (χ4n) is 2.56. The maximum Gasteiger partial charge on any atom is 0.403 e. The van der Waals surface area contributed by atoms with Gasteiger partial charge in [0.1, 0.15) is 6.04 Å². The molecule has 1 aliphatic heterocycles. The minimum absolute atomic E-state index is 0.0573. The predicted molar refractivity (Wildman–Crippen MR) is 59.3 cm³/mol. The largest absolute Gasteiger partial charge is 0.403 e. The Morgan fingerprint density at radius 3 is 2.56 bits per heavy atom. The minimum Gasteiger partial charge on any atom is -0.303 e. The van der Waals surface area contributed by atoms with Crippen molar-refractivity contribution < 1.29 is 13.2 Å².